The Hall–Kier alpha value is -1.57. The second kappa shape index (κ2) is 5.50. The second-order valence-corrected chi connectivity index (χ2v) is 4.36. The van der Waals surface area contributed by atoms with Crippen LogP contribution in [-0.4, -0.2) is 29.8 Å². The summed E-state index contributed by atoms with van der Waals surface area (Å²) in [7, 11) is 0. The number of carbonyl (C=O) groups excluding carboxylic acids is 2. The van der Waals surface area contributed by atoms with Crippen molar-refractivity contribution in [3.8, 4) is 6.19 Å². The van der Waals surface area contributed by atoms with E-state index in [0.717, 1.165) is 0 Å². The summed E-state index contributed by atoms with van der Waals surface area (Å²) in [6.45, 7) is 4.97. The van der Waals surface area contributed by atoms with E-state index in [1.165, 1.54) is 0 Å². The number of hydrogen-bond acceptors (Lipinski definition) is 3. The molecule has 0 aromatic rings. The molecule has 5 nitrogen and oxygen atoms in total. The van der Waals surface area contributed by atoms with Crippen LogP contribution >= 0.6 is 0 Å². The van der Waals surface area contributed by atoms with Crippen LogP contribution in [0.3, 0.4) is 0 Å². The molecule has 1 saturated heterocycles. The van der Waals surface area contributed by atoms with Crippen molar-refractivity contribution in [1.82, 2.24) is 10.2 Å². The third-order valence-electron chi connectivity index (χ3n) is 2.85. The van der Waals surface area contributed by atoms with Gasteiger partial charge < -0.3 is 4.90 Å². The predicted molar refractivity (Wildman–Crippen MR) is 57.9 cm³/mol. The summed E-state index contributed by atoms with van der Waals surface area (Å²) < 4.78 is 0. The van der Waals surface area contributed by atoms with Gasteiger partial charge in [0.1, 0.15) is 0 Å². The topological polar surface area (TPSA) is 73.2 Å². The SMILES string of the molecule is CC(C)C(=O)N1CCC(C(=O)NC#N)CC1. The molecule has 1 aliphatic rings. The average molecular weight is 223 g/mol. The summed E-state index contributed by atoms with van der Waals surface area (Å²) in [6, 6.07) is 0. The Morgan fingerprint density at radius 3 is 2.38 bits per heavy atom. The molecule has 0 spiro atoms. The first-order chi connectivity index (χ1) is 7.56. The molecule has 0 aliphatic carbocycles. The number of amides is 2. The zero-order valence-corrected chi connectivity index (χ0v) is 9.69. The molecule has 1 N–H and O–H groups in total. The monoisotopic (exact) mass is 223 g/mol. The van der Waals surface area contributed by atoms with Gasteiger partial charge in [0.05, 0.1) is 0 Å². The Balaban J connectivity index is 2.43. The van der Waals surface area contributed by atoms with Gasteiger partial charge in [0.25, 0.3) is 0 Å². The molecule has 0 unspecified atom stereocenters. The van der Waals surface area contributed by atoms with Gasteiger partial charge in [-0.15, -0.1) is 0 Å². The third kappa shape index (κ3) is 2.96. The predicted octanol–water partition coefficient (Wildman–Crippen LogP) is 0.478. The van der Waals surface area contributed by atoms with E-state index in [9.17, 15) is 9.59 Å². The molecule has 0 radical (unpaired) electrons. The van der Waals surface area contributed by atoms with E-state index in [4.69, 9.17) is 5.26 Å². The fraction of sp³-hybridized carbons (Fsp3) is 0.727. The molecule has 5 heteroatoms. The van der Waals surface area contributed by atoms with Crippen molar-refractivity contribution in [2.24, 2.45) is 11.8 Å². The van der Waals surface area contributed by atoms with Crippen LogP contribution < -0.4 is 5.32 Å². The van der Waals surface area contributed by atoms with Crippen LogP contribution in [-0.2, 0) is 9.59 Å². The van der Waals surface area contributed by atoms with Crippen LogP contribution in [0.5, 0.6) is 0 Å². The first kappa shape index (κ1) is 12.5. The highest BCUT2D eigenvalue weighted by atomic mass is 16.2. The van der Waals surface area contributed by atoms with E-state index in [0.29, 0.717) is 25.9 Å². The van der Waals surface area contributed by atoms with Gasteiger partial charge in [-0.1, -0.05) is 13.8 Å². The Morgan fingerprint density at radius 1 is 1.38 bits per heavy atom. The number of likely N-dealkylation sites (tertiary alicyclic amines) is 1. The summed E-state index contributed by atoms with van der Waals surface area (Å²) in [5.74, 6) is -0.210. The zero-order chi connectivity index (χ0) is 12.1. The maximum atomic E-state index is 11.7. The summed E-state index contributed by atoms with van der Waals surface area (Å²) in [5.41, 5.74) is 0. The lowest BCUT2D eigenvalue weighted by molar-refractivity contribution is -0.138. The van der Waals surface area contributed by atoms with Crippen molar-refractivity contribution in [3.63, 3.8) is 0 Å². The van der Waals surface area contributed by atoms with Gasteiger partial charge in [-0.2, -0.15) is 5.26 Å². The van der Waals surface area contributed by atoms with E-state index >= 15 is 0 Å². The average Bonchev–Trinajstić information content (AvgIpc) is 2.28. The highest BCUT2D eigenvalue weighted by molar-refractivity contribution is 5.81. The lowest BCUT2D eigenvalue weighted by Crippen LogP contribution is -2.43. The molecule has 1 fully saturated rings. The van der Waals surface area contributed by atoms with Crippen molar-refractivity contribution >= 4 is 11.8 Å². The third-order valence-corrected chi connectivity index (χ3v) is 2.85. The van der Waals surface area contributed by atoms with E-state index in [1.54, 1.807) is 11.1 Å². The first-order valence-electron chi connectivity index (χ1n) is 5.54. The van der Waals surface area contributed by atoms with Crippen LogP contribution in [0.15, 0.2) is 0 Å². The highest BCUT2D eigenvalue weighted by Crippen LogP contribution is 2.18. The van der Waals surface area contributed by atoms with E-state index < -0.39 is 0 Å². The molecule has 1 aliphatic heterocycles. The molecule has 1 heterocycles. The largest absolute Gasteiger partial charge is 0.342 e. The van der Waals surface area contributed by atoms with E-state index in [2.05, 4.69) is 5.32 Å². The zero-order valence-electron chi connectivity index (χ0n) is 9.69. The second-order valence-electron chi connectivity index (χ2n) is 4.36. The van der Waals surface area contributed by atoms with Crippen molar-refractivity contribution in [3.05, 3.63) is 0 Å². The fourth-order valence-corrected chi connectivity index (χ4v) is 1.88. The highest BCUT2D eigenvalue weighted by Gasteiger charge is 2.27. The number of nitrogens with one attached hydrogen (secondary N) is 1. The number of nitriles is 1. The molecule has 88 valence electrons. The summed E-state index contributed by atoms with van der Waals surface area (Å²) in [5, 5.41) is 10.5. The van der Waals surface area contributed by atoms with Gasteiger partial charge in [-0.3, -0.25) is 14.9 Å². The normalized spacial score (nSPS) is 17.0. The molecule has 16 heavy (non-hydrogen) atoms. The summed E-state index contributed by atoms with van der Waals surface area (Å²) in [6.07, 6.45) is 2.93. The number of carbonyl (C=O) groups is 2. The van der Waals surface area contributed by atoms with Gasteiger partial charge in [-0.25, -0.2) is 0 Å². The van der Waals surface area contributed by atoms with E-state index in [-0.39, 0.29) is 23.7 Å². The number of nitrogens with zero attached hydrogens (tertiary/aromatic N) is 2. The molecular formula is C11H17N3O2. The molecule has 0 bridgehead atoms. The Labute approximate surface area is 95.4 Å². The van der Waals surface area contributed by atoms with Crippen LogP contribution in [0.4, 0.5) is 0 Å². The van der Waals surface area contributed by atoms with Gasteiger partial charge in [0.2, 0.25) is 11.8 Å². The molecule has 0 saturated carbocycles. The Bertz CT molecular complexity index is 312. The number of hydrogen-bond donors (Lipinski definition) is 1. The minimum absolute atomic E-state index is 0.00415. The molecule has 0 aromatic carbocycles. The van der Waals surface area contributed by atoms with Gasteiger partial charge >= 0.3 is 0 Å². The number of rotatable bonds is 2. The van der Waals surface area contributed by atoms with Crippen molar-refractivity contribution in [2.45, 2.75) is 26.7 Å². The summed E-state index contributed by atoms with van der Waals surface area (Å²) >= 11 is 0. The van der Waals surface area contributed by atoms with Crippen LogP contribution in [0.1, 0.15) is 26.7 Å². The Morgan fingerprint density at radius 2 is 1.94 bits per heavy atom. The lowest BCUT2D eigenvalue weighted by Gasteiger charge is -2.32. The lowest BCUT2D eigenvalue weighted by atomic mass is 9.95. The van der Waals surface area contributed by atoms with Gasteiger partial charge in [0, 0.05) is 24.9 Å². The van der Waals surface area contributed by atoms with Crippen molar-refractivity contribution in [1.29, 1.82) is 5.26 Å². The van der Waals surface area contributed by atoms with Crippen molar-refractivity contribution < 1.29 is 9.59 Å². The minimum Gasteiger partial charge on any atom is -0.342 e. The molecule has 1 rings (SSSR count). The van der Waals surface area contributed by atoms with Crippen LogP contribution in [0.25, 0.3) is 0 Å². The molecule has 2 amide bonds. The molecular weight excluding hydrogens is 206 g/mol. The summed E-state index contributed by atoms with van der Waals surface area (Å²) in [4.78, 5) is 24.8. The quantitative estimate of drug-likeness (QED) is 0.546. The maximum Gasteiger partial charge on any atom is 0.236 e. The smallest absolute Gasteiger partial charge is 0.236 e. The van der Waals surface area contributed by atoms with E-state index in [1.807, 2.05) is 13.8 Å². The van der Waals surface area contributed by atoms with Gasteiger partial charge in [-0.05, 0) is 12.8 Å². The number of piperidine rings is 1. The van der Waals surface area contributed by atoms with Crippen LogP contribution in [0, 0.1) is 23.3 Å². The Kier molecular flexibility index (Phi) is 4.29. The standard InChI is InChI=1S/C11H17N3O2/c1-8(2)11(16)14-5-3-9(4-6-14)10(15)13-7-12/h8-9H,3-6H2,1-2H3,(H,13,15). The maximum absolute atomic E-state index is 11.7. The molecule has 0 aromatic heterocycles. The molecule has 0 atom stereocenters. The fourth-order valence-electron chi connectivity index (χ4n) is 1.88. The first-order valence-corrected chi connectivity index (χ1v) is 5.54. The minimum atomic E-state index is -0.223. The van der Waals surface area contributed by atoms with Crippen molar-refractivity contribution in [2.75, 3.05) is 13.1 Å². The van der Waals surface area contributed by atoms with Gasteiger partial charge in [0.15, 0.2) is 6.19 Å². The van der Waals surface area contributed by atoms with Crippen LogP contribution in [0.2, 0.25) is 0 Å².